The summed E-state index contributed by atoms with van der Waals surface area (Å²) in [5.74, 6) is 0. The molecule has 66 valence electrons. The van der Waals surface area contributed by atoms with Crippen LogP contribution in [0.1, 0.15) is 0 Å². The van der Waals surface area contributed by atoms with Crippen molar-refractivity contribution in [2.75, 3.05) is 11.5 Å². The molecule has 0 bridgehead atoms. The molecule has 0 fully saturated rings. The van der Waals surface area contributed by atoms with Crippen LogP contribution in [0.5, 0.6) is 0 Å². The lowest BCUT2D eigenvalue weighted by Gasteiger charge is -1.96. The van der Waals surface area contributed by atoms with E-state index in [9.17, 15) is 10.1 Å². The van der Waals surface area contributed by atoms with Crippen LogP contribution in [-0.4, -0.2) is 4.92 Å². The molecule has 0 amide bonds. The molecule has 0 heterocycles. The molecule has 5 nitrogen and oxygen atoms in total. The molecule has 0 atom stereocenters. The summed E-state index contributed by atoms with van der Waals surface area (Å²) in [4.78, 5) is 9.68. The average Bonchev–Trinajstić information content (AvgIpc) is 1.94. The summed E-state index contributed by atoms with van der Waals surface area (Å²) in [6.07, 6.45) is 0. The molecular formula is C6H8ClN3O2. The fourth-order valence-corrected chi connectivity index (χ4v) is 0.719. The summed E-state index contributed by atoms with van der Waals surface area (Å²) in [5, 5.41) is 10.2. The maximum atomic E-state index is 10.2. The van der Waals surface area contributed by atoms with E-state index >= 15 is 0 Å². The van der Waals surface area contributed by atoms with Crippen molar-refractivity contribution >= 4 is 29.5 Å². The van der Waals surface area contributed by atoms with E-state index in [0.29, 0.717) is 5.69 Å². The minimum absolute atomic E-state index is 0. The van der Waals surface area contributed by atoms with E-state index in [-0.39, 0.29) is 23.8 Å². The van der Waals surface area contributed by atoms with Crippen LogP contribution in [0.15, 0.2) is 18.2 Å². The smallest absolute Gasteiger partial charge is 0.294 e. The van der Waals surface area contributed by atoms with Crippen molar-refractivity contribution in [2.24, 2.45) is 0 Å². The van der Waals surface area contributed by atoms with Crippen LogP contribution in [0, 0.1) is 10.1 Å². The van der Waals surface area contributed by atoms with Gasteiger partial charge in [-0.15, -0.1) is 12.4 Å². The van der Waals surface area contributed by atoms with Gasteiger partial charge in [0.05, 0.1) is 4.92 Å². The maximum absolute atomic E-state index is 10.2. The number of halogens is 1. The molecule has 0 radical (unpaired) electrons. The molecular weight excluding hydrogens is 182 g/mol. The predicted molar refractivity (Wildman–Crippen MR) is 49.2 cm³/mol. The Hall–Kier alpha value is -1.49. The first-order valence-corrected chi connectivity index (χ1v) is 2.90. The van der Waals surface area contributed by atoms with Crippen LogP contribution in [0.25, 0.3) is 0 Å². The Morgan fingerprint density at radius 3 is 2.33 bits per heavy atom. The third kappa shape index (κ3) is 2.00. The highest BCUT2D eigenvalue weighted by Gasteiger charge is 2.09. The highest BCUT2D eigenvalue weighted by Crippen LogP contribution is 2.22. The Labute approximate surface area is 74.9 Å². The van der Waals surface area contributed by atoms with Crippen molar-refractivity contribution in [2.45, 2.75) is 0 Å². The third-order valence-corrected chi connectivity index (χ3v) is 1.25. The summed E-state index contributed by atoms with van der Waals surface area (Å²) in [6, 6.07) is 4.16. The zero-order valence-electron chi connectivity index (χ0n) is 6.06. The van der Waals surface area contributed by atoms with Crippen LogP contribution < -0.4 is 11.5 Å². The van der Waals surface area contributed by atoms with E-state index in [2.05, 4.69) is 0 Å². The number of nitrogen functional groups attached to an aromatic ring is 2. The van der Waals surface area contributed by atoms with Crippen molar-refractivity contribution in [1.82, 2.24) is 0 Å². The Kier molecular flexibility index (Phi) is 3.30. The number of benzene rings is 1. The number of hydrogen-bond acceptors (Lipinski definition) is 4. The van der Waals surface area contributed by atoms with Crippen molar-refractivity contribution in [1.29, 1.82) is 0 Å². The van der Waals surface area contributed by atoms with Gasteiger partial charge in [-0.3, -0.25) is 10.1 Å². The molecule has 1 rings (SSSR count). The number of nitro benzene ring substituents is 1. The summed E-state index contributed by atoms with van der Waals surface area (Å²) in [6.45, 7) is 0. The second-order valence-corrected chi connectivity index (χ2v) is 2.08. The number of rotatable bonds is 1. The van der Waals surface area contributed by atoms with E-state index < -0.39 is 4.92 Å². The molecule has 0 saturated heterocycles. The van der Waals surface area contributed by atoms with Crippen LogP contribution in [0.3, 0.4) is 0 Å². The lowest BCUT2D eigenvalue weighted by molar-refractivity contribution is -0.383. The van der Waals surface area contributed by atoms with Crippen LogP contribution in [0.2, 0.25) is 0 Å². The molecule has 0 aliphatic heterocycles. The molecule has 6 heteroatoms. The second-order valence-electron chi connectivity index (χ2n) is 2.08. The van der Waals surface area contributed by atoms with Gasteiger partial charge in [0, 0.05) is 11.8 Å². The molecule has 0 aliphatic rings. The van der Waals surface area contributed by atoms with Gasteiger partial charge in [-0.2, -0.15) is 0 Å². The highest BCUT2D eigenvalue weighted by atomic mass is 35.5. The fourth-order valence-electron chi connectivity index (χ4n) is 0.719. The summed E-state index contributed by atoms with van der Waals surface area (Å²) >= 11 is 0. The topological polar surface area (TPSA) is 95.2 Å². The standard InChI is InChI=1S/C6H7N3O2.ClH/c7-4-1-2-5(8)6(3-4)9(10)11;/h1-3H,7-8H2;1H. The van der Waals surface area contributed by atoms with Gasteiger partial charge in [0.15, 0.2) is 0 Å². The summed E-state index contributed by atoms with van der Waals surface area (Å²) in [7, 11) is 0. The molecule has 0 aromatic heterocycles. The first-order valence-electron chi connectivity index (χ1n) is 2.90. The molecule has 4 N–H and O–H groups in total. The fraction of sp³-hybridized carbons (Fsp3) is 0. The van der Waals surface area contributed by atoms with Gasteiger partial charge in [-0.1, -0.05) is 0 Å². The van der Waals surface area contributed by atoms with E-state index in [0.717, 1.165) is 0 Å². The van der Waals surface area contributed by atoms with Gasteiger partial charge in [0.1, 0.15) is 5.69 Å². The van der Waals surface area contributed by atoms with Crippen LogP contribution in [0.4, 0.5) is 17.1 Å². The average molecular weight is 190 g/mol. The molecule has 12 heavy (non-hydrogen) atoms. The number of nitro groups is 1. The predicted octanol–water partition coefficient (Wildman–Crippen LogP) is 1.18. The van der Waals surface area contributed by atoms with E-state index in [1.54, 1.807) is 0 Å². The Balaban J connectivity index is 0.00000121. The van der Waals surface area contributed by atoms with Crippen LogP contribution >= 0.6 is 12.4 Å². The quantitative estimate of drug-likeness (QED) is 0.394. The van der Waals surface area contributed by atoms with Crippen molar-refractivity contribution < 1.29 is 4.92 Å². The SMILES string of the molecule is Cl.Nc1ccc(N)c([N+](=O)[O-])c1. The highest BCUT2D eigenvalue weighted by molar-refractivity contribution is 5.85. The molecule has 1 aromatic rings. The summed E-state index contributed by atoms with van der Waals surface area (Å²) in [5.41, 5.74) is 10.9. The molecule has 0 saturated carbocycles. The van der Waals surface area contributed by atoms with Gasteiger partial charge >= 0.3 is 0 Å². The van der Waals surface area contributed by atoms with Gasteiger partial charge in [0.2, 0.25) is 0 Å². The van der Waals surface area contributed by atoms with Crippen LogP contribution in [-0.2, 0) is 0 Å². The Morgan fingerprint density at radius 1 is 1.33 bits per heavy atom. The van der Waals surface area contributed by atoms with Gasteiger partial charge in [0.25, 0.3) is 5.69 Å². The van der Waals surface area contributed by atoms with Gasteiger partial charge < -0.3 is 11.5 Å². The third-order valence-electron chi connectivity index (χ3n) is 1.25. The number of anilines is 2. The monoisotopic (exact) mass is 189 g/mol. The zero-order chi connectivity index (χ0) is 8.43. The number of hydrogen-bond donors (Lipinski definition) is 2. The van der Waals surface area contributed by atoms with E-state index in [1.807, 2.05) is 0 Å². The lowest BCUT2D eigenvalue weighted by Crippen LogP contribution is -1.96. The van der Waals surface area contributed by atoms with Gasteiger partial charge in [-0.05, 0) is 12.1 Å². The van der Waals surface area contributed by atoms with E-state index in [4.69, 9.17) is 11.5 Å². The minimum Gasteiger partial charge on any atom is -0.399 e. The first kappa shape index (κ1) is 10.5. The summed E-state index contributed by atoms with van der Waals surface area (Å²) < 4.78 is 0. The molecule has 0 aliphatic carbocycles. The lowest BCUT2D eigenvalue weighted by atomic mass is 10.2. The first-order chi connectivity index (χ1) is 5.11. The minimum atomic E-state index is -0.564. The van der Waals surface area contributed by atoms with Gasteiger partial charge in [-0.25, -0.2) is 0 Å². The molecule has 1 aromatic carbocycles. The van der Waals surface area contributed by atoms with E-state index in [1.165, 1.54) is 18.2 Å². The van der Waals surface area contributed by atoms with Crippen molar-refractivity contribution in [3.05, 3.63) is 28.3 Å². The van der Waals surface area contributed by atoms with Crippen molar-refractivity contribution in [3.63, 3.8) is 0 Å². The Morgan fingerprint density at radius 2 is 1.92 bits per heavy atom. The normalized spacial score (nSPS) is 8.67. The molecule has 0 unspecified atom stereocenters. The maximum Gasteiger partial charge on any atom is 0.294 e. The number of nitrogens with zero attached hydrogens (tertiary/aromatic N) is 1. The number of nitrogens with two attached hydrogens (primary N) is 2. The largest absolute Gasteiger partial charge is 0.399 e. The molecule has 0 spiro atoms. The van der Waals surface area contributed by atoms with Crippen molar-refractivity contribution in [3.8, 4) is 0 Å². The Bertz CT molecular complexity index is 303. The second kappa shape index (κ2) is 3.77. The zero-order valence-corrected chi connectivity index (χ0v) is 6.88.